The molecule has 2 rings (SSSR count). The Hall–Kier alpha value is -1.92. The third kappa shape index (κ3) is 6.38. The highest BCUT2D eigenvalue weighted by atomic mass is 32.1. The first-order valence-electron chi connectivity index (χ1n) is 7.79. The maximum Gasteiger partial charge on any atom is 0.314 e. The molecule has 0 unspecified atom stereocenters. The lowest BCUT2D eigenvalue weighted by molar-refractivity contribution is 0.241. The molecule has 0 saturated heterocycles. The molecule has 1 aromatic heterocycles. The monoisotopic (exact) mass is 333 g/mol. The number of rotatable bonds is 8. The summed E-state index contributed by atoms with van der Waals surface area (Å²) in [4.78, 5) is 16.1. The van der Waals surface area contributed by atoms with Crippen molar-refractivity contribution >= 4 is 17.4 Å². The molecule has 0 aliphatic carbocycles. The van der Waals surface area contributed by atoms with Crippen molar-refractivity contribution in [2.24, 2.45) is 0 Å². The lowest BCUT2D eigenvalue weighted by Gasteiger charge is -2.07. The number of aliphatic hydroxyl groups is 1. The molecular formula is C17H23N3O2S. The number of amides is 2. The first-order chi connectivity index (χ1) is 11.2. The van der Waals surface area contributed by atoms with Crippen LogP contribution in [-0.4, -0.2) is 29.2 Å². The van der Waals surface area contributed by atoms with Crippen molar-refractivity contribution in [1.29, 1.82) is 0 Å². The van der Waals surface area contributed by atoms with E-state index in [2.05, 4.69) is 15.6 Å². The first-order valence-corrected chi connectivity index (χ1v) is 8.66. The van der Waals surface area contributed by atoms with Gasteiger partial charge in [-0.1, -0.05) is 24.3 Å². The Morgan fingerprint density at radius 2 is 1.83 bits per heavy atom. The van der Waals surface area contributed by atoms with Gasteiger partial charge < -0.3 is 15.7 Å². The van der Waals surface area contributed by atoms with Gasteiger partial charge in [0.1, 0.15) is 0 Å². The van der Waals surface area contributed by atoms with Crippen molar-refractivity contribution in [2.45, 2.75) is 32.8 Å². The number of hydrogen-bond donors (Lipinski definition) is 3. The number of nitrogens with one attached hydrogen (secondary N) is 2. The van der Waals surface area contributed by atoms with Crippen molar-refractivity contribution in [1.82, 2.24) is 15.6 Å². The number of aliphatic hydroxyl groups excluding tert-OH is 1. The van der Waals surface area contributed by atoms with Crippen LogP contribution < -0.4 is 10.6 Å². The molecule has 2 amide bonds. The minimum Gasteiger partial charge on any atom is -0.392 e. The van der Waals surface area contributed by atoms with Crippen molar-refractivity contribution < 1.29 is 9.90 Å². The molecule has 124 valence electrons. The minimum atomic E-state index is -0.132. The van der Waals surface area contributed by atoms with Crippen molar-refractivity contribution in [3.63, 3.8) is 0 Å². The van der Waals surface area contributed by atoms with E-state index >= 15 is 0 Å². The number of benzene rings is 1. The molecule has 0 fully saturated rings. The van der Waals surface area contributed by atoms with E-state index in [1.165, 1.54) is 0 Å². The van der Waals surface area contributed by atoms with E-state index < -0.39 is 0 Å². The lowest BCUT2D eigenvalue weighted by atomic mass is 10.1. The van der Waals surface area contributed by atoms with Gasteiger partial charge in [0.15, 0.2) is 0 Å². The zero-order chi connectivity index (χ0) is 16.5. The molecule has 0 spiro atoms. The predicted octanol–water partition coefficient (Wildman–Crippen LogP) is 2.42. The number of aromatic nitrogens is 1. The van der Waals surface area contributed by atoms with Gasteiger partial charge in [0, 0.05) is 30.6 Å². The summed E-state index contributed by atoms with van der Waals surface area (Å²) in [5.41, 5.74) is 3.10. The minimum absolute atomic E-state index is 0.0570. The SMILES string of the molecule is Cc1csc(CCCNC(=O)NCCc2ccc(CO)cc2)n1. The third-order valence-electron chi connectivity index (χ3n) is 3.42. The van der Waals surface area contributed by atoms with E-state index in [0.717, 1.165) is 41.1 Å². The van der Waals surface area contributed by atoms with Crippen LogP contribution in [0.3, 0.4) is 0 Å². The molecule has 6 heteroatoms. The summed E-state index contributed by atoms with van der Waals surface area (Å²) in [6.07, 6.45) is 2.57. The highest BCUT2D eigenvalue weighted by Crippen LogP contribution is 2.10. The number of carbonyl (C=O) groups excluding carboxylic acids is 1. The summed E-state index contributed by atoms with van der Waals surface area (Å²) in [6, 6.07) is 7.61. The van der Waals surface area contributed by atoms with Crippen molar-refractivity contribution in [3.8, 4) is 0 Å². The summed E-state index contributed by atoms with van der Waals surface area (Å²) in [7, 11) is 0. The van der Waals surface area contributed by atoms with E-state index in [-0.39, 0.29) is 12.6 Å². The van der Waals surface area contributed by atoms with Crippen LogP contribution in [0.4, 0.5) is 4.79 Å². The number of carbonyl (C=O) groups is 1. The lowest BCUT2D eigenvalue weighted by Crippen LogP contribution is -2.37. The summed E-state index contributed by atoms with van der Waals surface area (Å²) in [5, 5.41) is 17.9. The van der Waals surface area contributed by atoms with Gasteiger partial charge >= 0.3 is 6.03 Å². The van der Waals surface area contributed by atoms with Crippen LogP contribution in [0.15, 0.2) is 29.6 Å². The third-order valence-corrected chi connectivity index (χ3v) is 4.45. The normalized spacial score (nSPS) is 10.5. The topological polar surface area (TPSA) is 74.2 Å². The second kappa shape index (κ2) is 9.27. The summed E-state index contributed by atoms with van der Waals surface area (Å²) >= 11 is 1.67. The van der Waals surface area contributed by atoms with E-state index in [0.29, 0.717) is 13.1 Å². The van der Waals surface area contributed by atoms with Gasteiger partial charge in [-0.2, -0.15) is 0 Å². The molecule has 1 heterocycles. The molecule has 0 saturated carbocycles. The molecule has 5 nitrogen and oxygen atoms in total. The Kier molecular flexibility index (Phi) is 7.03. The summed E-state index contributed by atoms with van der Waals surface area (Å²) in [6.45, 7) is 3.29. The maximum absolute atomic E-state index is 11.7. The fraction of sp³-hybridized carbons (Fsp3) is 0.412. The number of urea groups is 1. The number of hydrogen-bond acceptors (Lipinski definition) is 4. The quantitative estimate of drug-likeness (QED) is 0.650. The number of aryl methyl sites for hydroxylation is 2. The highest BCUT2D eigenvalue weighted by Gasteiger charge is 2.02. The van der Waals surface area contributed by atoms with Crippen molar-refractivity contribution in [3.05, 3.63) is 51.5 Å². The Morgan fingerprint density at radius 3 is 2.48 bits per heavy atom. The summed E-state index contributed by atoms with van der Waals surface area (Å²) in [5.74, 6) is 0. The predicted molar refractivity (Wildman–Crippen MR) is 92.6 cm³/mol. The molecule has 3 N–H and O–H groups in total. The number of nitrogens with zero attached hydrogens (tertiary/aromatic N) is 1. The van der Waals surface area contributed by atoms with Gasteiger partial charge in [-0.05, 0) is 30.9 Å². The number of thiazole rings is 1. The van der Waals surface area contributed by atoms with Gasteiger partial charge in [-0.25, -0.2) is 9.78 Å². The molecule has 0 bridgehead atoms. The molecule has 2 aromatic rings. The first kappa shape index (κ1) is 17.4. The molecule has 0 aliphatic rings. The van der Waals surface area contributed by atoms with E-state index in [4.69, 9.17) is 5.11 Å². The van der Waals surface area contributed by atoms with E-state index in [1.54, 1.807) is 11.3 Å². The van der Waals surface area contributed by atoms with Gasteiger partial charge in [-0.3, -0.25) is 0 Å². The van der Waals surface area contributed by atoms with Crippen LogP contribution >= 0.6 is 11.3 Å². The highest BCUT2D eigenvalue weighted by molar-refractivity contribution is 7.09. The Morgan fingerprint density at radius 1 is 1.13 bits per heavy atom. The fourth-order valence-corrected chi connectivity index (χ4v) is 2.97. The van der Waals surface area contributed by atoms with Crippen molar-refractivity contribution in [2.75, 3.05) is 13.1 Å². The van der Waals surface area contributed by atoms with Gasteiger partial charge in [0.2, 0.25) is 0 Å². The second-order valence-electron chi connectivity index (χ2n) is 5.39. The molecular weight excluding hydrogens is 310 g/mol. The second-order valence-corrected chi connectivity index (χ2v) is 6.34. The van der Waals surface area contributed by atoms with Gasteiger partial charge in [0.05, 0.1) is 11.6 Å². The fourth-order valence-electron chi connectivity index (χ4n) is 2.15. The van der Waals surface area contributed by atoms with Gasteiger partial charge in [0.25, 0.3) is 0 Å². The molecule has 1 aromatic carbocycles. The standard InChI is InChI=1S/C17H23N3O2S/c1-13-12-23-16(20-13)3-2-9-18-17(22)19-10-8-14-4-6-15(11-21)7-5-14/h4-7,12,21H,2-3,8-11H2,1H3,(H2,18,19,22). The van der Waals surface area contributed by atoms with Crippen LogP contribution in [-0.2, 0) is 19.4 Å². The summed E-state index contributed by atoms with van der Waals surface area (Å²) < 4.78 is 0. The Bertz CT molecular complexity index is 611. The average molecular weight is 333 g/mol. The van der Waals surface area contributed by atoms with Crippen LogP contribution in [0.25, 0.3) is 0 Å². The van der Waals surface area contributed by atoms with E-state index in [1.807, 2.05) is 36.6 Å². The van der Waals surface area contributed by atoms with Crippen LogP contribution in [0, 0.1) is 6.92 Å². The van der Waals surface area contributed by atoms with Crippen LogP contribution in [0.2, 0.25) is 0 Å². The van der Waals surface area contributed by atoms with E-state index in [9.17, 15) is 4.79 Å². The van der Waals surface area contributed by atoms with Crippen LogP contribution in [0.5, 0.6) is 0 Å². The average Bonchev–Trinajstić information content (AvgIpc) is 2.98. The largest absolute Gasteiger partial charge is 0.392 e. The zero-order valence-electron chi connectivity index (χ0n) is 13.3. The Balaban J connectivity index is 1.55. The molecule has 23 heavy (non-hydrogen) atoms. The molecule has 0 radical (unpaired) electrons. The molecule has 0 aliphatic heterocycles. The molecule has 0 atom stereocenters. The van der Waals surface area contributed by atoms with Gasteiger partial charge in [-0.15, -0.1) is 11.3 Å². The zero-order valence-corrected chi connectivity index (χ0v) is 14.2. The maximum atomic E-state index is 11.7. The smallest absolute Gasteiger partial charge is 0.314 e. The van der Waals surface area contributed by atoms with Crippen LogP contribution in [0.1, 0.15) is 28.2 Å². The Labute approximate surface area is 140 Å².